The minimum atomic E-state index is -0.361. The van der Waals surface area contributed by atoms with E-state index in [1.807, 2.05) is 32.9 Å². The number of hydrazine groups is 1. The lowest BCUT2D eigenvalue weighted by molar-refractivity contribution is 0.0142. The molecule has 4 N–H and O–H groups in total. The van der Waals surface area contributed by atoms with Gasteiger partial charge >= 0.3 is 6.09 Å². The van der Waals surface area contributed by atoms with E-state index in [0.717, 1.165) is 56.3 Å². The number of hydrogen-bond acceptors (Lipinski definition) is 7. The van der Waals surface area contributed by atoms with Gasteiger partial charge in [0.05, 0.1) is 18.5 Å². The predicted molar refractivity (Wildman–Crippen MR) is 122 cm³/mol. The molecular weight excluding hydrogens is 452 g/mol. The number of methoxy groups -OCH3 is 1. The van der Waals surface area contributed by atoms with Crippen LogP contribution in [0.25, 0.3) is 0 Å². The first kappa shape index (κ1) is 24.6. The highest BCUT2D eigenvalue weighted by Crippen LogP contribution is 2.36. The summed E-state index contributed by atoms with van der Waals surface area (Å²) in [5.41, 5.74) is 6.93. The van der Waals surface area contributed by atoms with Crippen LogP contribution in [0, 0.1) is 0 Å². The molecule has 8 nitrogen and oxygen atoms in total. The highest BCUT2D eigenvalue weighted by atomic mass is 79.9. The van der Waals surface area contributed by atoms with Crippen LogP contribution < -0.4 is 21.3 Å². The molecular formula is C21H35BrN4O4. The molecule has 0 aromatic heterocycles. The molecule has 170 valence electrons. The van der Waals surface area contributed by atoms with E-state index in [4.69, 9.17) is 25.8 Å². The quantitative estimate of drug-likeness (QED) is 0.373. The third kappa shape index (κ3) is 7.21. The number of likely N-dealkylation sites (tertiary alicyclic amines) is 1. The molecule has 2 aliphatic rings. The number of benzene rings is 1. The third-order valence-electron chi connectivity index (χ3n) is 4.81. The number of anilines is 2. The van der Waals surface area contributed by atoms with Crippen LogP contribution in [0.2, 0.25) is 0 Å². The van der Waals surface area contributed by atoms with Crippen LogP contribution in [0.5, 0.6) is 5.75 Å². The minimum absolute atomic E-state index is 0.125. The standard InChI is InChI=1S/C12H18BrN3O2.C9H17NO2/c1-17-10-7-8(13)6-9(12(10)14)16(15)11-4-2-3-5-18-11;1-9(2,3)12-8(11)10-6-4-5-7-10/h6-7,11H,2-5,14-15H2,1H3;4-7H2,1-3H3. The number of hydrogen-bond donors (Lipinski definition) is 2. The Labute approximate surface area is 187 Å². The Morgan fingerprint density at radius 3 is 2.43 bits per heavy atom. The second kappa shape index (κ2) is 11.1. The van der Waals surface area contributed by atoms with Crippen molar-refractivity contribution in [2.45, 2.75) is 64.7 Å². The van der Waals surface area contributed by atoms with Crippen molar-refractivity contribution in [1.82, 2.24) is 4.90 Å². The summed E-state index contributed by atoms with van der Waals surface area (Å²) in [7, 11) is 1.58. The van der Waals surface area contributed by atoms with E-state index in [2.05, 4.69) is 15.9 Å². The van der Waals surface area contributed by atoms with Crippen LogP contribution >= 0.6 is 15.9 Å². The molecule has 0 radical (unpaired) electrons. The van der Waals surface area contributed by atoms with Crippen molar-refractivity contribution < 1.29 is 19.0 Å². The molecule has 30 heavy (non-hydrogen) atoms. The summed E-state index contributed by atoms with van der Waals surface area (Å²) in [6.45, 7) is 8.12. The number of nitrogen functional groups attached to an aromatic ring is 1. The SMILES string of the molecule is CC(C)(C)OC(=O)N1CCCC1.COc1cc(Br)cc(N(N)C2CCCCO2)c1N. The van der Waals surface area contributed by atoms with E-state index in [1.165, 1.54) is 0 Å². The monoisotopic (exact) mass is 486 g/mol. The fourth-order valence-electron chi connectivity index (χ4n) is 3.29. The van der Waals surface area contributed by atoms with E-state index >= 15 is 0 Å². The molecule has 2 fully saturated rings. The molecule has 1 aromatic carbocycles. The van der Waals surface area contributed by atoms with E-state index in [0.29, 0.717) is 17.1 Å². The molecule has 0 saturated carbocycles. The third-order valence-corrected chi connectivity index (χ3v) is 5.26. The van der Waals surface area contributed by atoms with Gasteiger partial charge in [-0.05, 0) is 65.0 Å². The number of rotatable bonds is 3. The average Bonchev–Trinajstić information content (AvgIpc) is 3.24. The van der Waals surface area contributed by atoms with Crippen LogP contribution in [0.3, 0.4) is 0 Å². The first-order chi connectivity index (χ1) is 14.1. The Hall–Kier alpha value is -1.71. The summed E-state index contributed by atoms with van der Waals surface area (Å²) in [5.74, 6) is 6.72. The molecule has 1 atom stereocenters. The van der Waals surface area contributed by atoms with Gasteiger partial charge in [-0.1, -0.05) is 15.9 Å². The van der Waals surface area contributed by atoms with Gasteiger partial charge in [0.15, 0.2) is 0 Å². The summed E-state index contributed by atoms with van der Waals surface area (Å²) in [6, 6.07) is 3.68. The lowest BCUT2D eigenvalue weighted by Gasteiger charge is -2.33. The van der Waals surface area contributed by atoms with Gasteiger partial charge in [0, 0.05) is 24.2 Å². The first-order valence-electron chi connectivity index (χ1n) is 10.4. The molecule has 2 aliphatic heterocycles. The summed E-state index contributed by atoms with van der Waals surface area (Å²) in [6.07, 6.45) is 5.04. The van der Waals surface area contributed by atoms with Gasteiger partial charge in [-0.2, -0.15) is 0 Å². The normalized spacial score (nSPS) is 19.0. The van der Waals surface area contributed by atoms with E-state index in [-0.39, 0.29) is 17.9 Å². The van der Waals surface area contributed by atoms with Crippen molar-refractivity contribution in [3.63, 3.8) is 0 Å². The second-order valence-corrected chi connectivity index (χ2v) is 9.36. The zero-order valence-electron chi connectivity index (χ0n) is 18.4. The zero-order valence-corrected chi connectivity index (χ0v) is 20.0. The van der Waals surface area contributed by atoms with Crippen molar-refractivity contribution in [3.05, 3.63) is 16.6 Å². The molecule has 1 amide bonds. The van der Waals surface area contributed by atoms with Crippen LogP contribution in [-0.4, -0.2) is 49.6 Å². The molecule has 0 spiro atoms. The second-order valence-electron chi connectivity index (χ2n) is 8.44. The van der Waals surface area contributed by atoms with Crippen molar-refractivity contribution in [1.29, 1.82) is 0 Å². The van der Waals surface area contributed by atoms with E-state index in [1.54, 1.807) is 17.0 Å². The van der Waals surface area contributed by atoms with Gasteiger partial charge in [-0.25, -0.2) is 10.6 Å². The summed E-state index contributed by atoms with van der Waals surface area (Å²) in [4.78, 5) is 13.1. The lowest BCUT2D eigenvalue weighted by Crippen LogP contribution is -2.45. The van der Waals surface area contributed by atoms with Crippen LogP contribution in [0.1, 0.15) is 52.9 Å². The van der Waals surface area contributed by atoms with Crippen molar-refractivity contribution in [2.24, 2.45) is 5.84 Å². The van der Waals surface area contributed by atoms with Crippen molar-refractivity contribution in [2.75, 3.05) is 37.5 Å². The number of carbonyl (C=O) groups is 1. The number of amides is 1. The summed E-state index contributed by atoms with van der Waals surface area (Å²) >= 11 is 3.42. The molecule has 2 heterocycles. The number of nitrogens with two attached hydrogens (primary N) is 2. The lowest BCUT2D eigenvalue weighted by atomic mass is 10.1. The minimum Gasteiger partial charge on any atom is -0.494 e. The van der Waals surface area contributed by atoms with Gasteiger partial charge in [-0.3, -0.25) is 5.01 Å². The van der Waals surface area contributed by atoms with Crippen LogP contribution in [0.4, 0.5) is 16.2 Å². The topological polar surface area (TPSA) is 103 Å². The summed E-state index contributed by atoms with van der Waals surface area (Å²) < 4.78 is 17.0. The number of ether oxygens (including phenoxy) is 3. The molecule has 0 bridgehead atoms. The van der Waals surface area contributed by atoms with E-state index in [9.17, 15) is 4.79 Å². The molecule has 3 rings (SSSR count). The number of nitrogens with zero attached hydrogens (tertiary/aromatic N) is 2. The van der Waals surface area contributed by atoms with Gasteiger partial charge in [0.2, 0.25) is 0 Å². The Morgan fingerprint density at radius 2 is 1.90 bits per heavy atom. The van der Waals surface area contributed by atoms with Crippen LogP contribution in [0.15, 0.2) is 16.6 Å². The maximum atomic E-state index is 11.4. The molecule has 2 saturated heterocycles. The van der Waals surface area contributed by atoms with Crippen molar-refractivity contribution >= 4 is 33.4 Å². The Kier molecular flexibility index (Phi) is 9.06. The average molecular weight is 487 g/mol. The highest BCUT2D eigenvalue weighted by Gasteiger charge is 2.24. The Morgan fingerprint density at radius 1 is 1.23 bits per heavy atom. The van der Waals surface area contributed by atoms with Gasteiger partial charge in [0.1, 0.15) is 17.6 Å². The van der Waals surface area contributed by atoms with E-state index < -0.39 is 0 Å². The Bertz CT molecular complexity index is 699. The maximum absolute atomic E-state index is 11.4. The smallest absolute Gasteiger partial charge is 0.410 e. The van der Waals surface area contributed by atoms with Gasteiger partial charge in [0.25, 0.3) is 0 Å². The predicted octanol–water partition coefficient (Wildman–Crippen LogP) is 4.26. The zero-order chi connectivity index (χ0) is 22.3. The van der Waals surface area contributed by atoms with Gasteiger partial charge in [-0.15, -0.1) is 0 Å². The maximum Gasteiger partial charge on any atom is 0.410 e. The van der Waals surface area contributed by atoms with Crippen LogP contribution in [-0.2, 0) is 9.47 Å². The molecule has 9 heteroatoms. The molecule has 0 aliphatic carbocycles. The largest absolute Gasteiger partial charge is 0.494 e. The fraction of sp³-hybridized carbons (Fsp3) is 0.667. The van der Waals surface area contributed by atoms with Crippen molar-refractivity contribution in [3.8, 4) is 5.75 Å². The first-order valence-corrected chi connectivity index (χ1v) is 11.2. The van der Waals surface area contributed by atoms with Gasteiger partial charge < -0.3 is 24.8 Å². The highest BCUT2D eigenvalue weighted by molar-refractivity contribution is 9.10. The molecule has 1 aromatic rings. The number of carbonyl (C=O) groups excluding carboxylic acids is 1. The number of halogens is 1. The molecule has 1 unspecified atom stereocenters. The summed E-state index contributed by atoms with van der Waals surface area (Å²) in [5, 5.41) is 1.59. The Balaban J connectivity index is 0.000000232. The fourth-order valence-corrected chi connectivity index (χ4v) is 3.71.